The second kappa shape index (κ2) is 5.42. The first-order chi connectivity index (χ1) is 9.88. The molecule has 2 aliphatic carbocycles. The molecule has 116 valence electrons. The Morgan fingerprint density at radius 3 is 2.33 bits per heavy atom. The van der Waals surface area contributed by atoms with E-state index in [0.29, 0.717) is 10.0 Å². The molecule has 0 aliphatic heterocycles. The Hall–Kier alpha value is -0.280. The van der Waals surface area contributed by atoms with Gasteiger partial charge in [0.05, 0.1) is 15.6 Å². The van der Waals surface area contributed by atoms with Crippen LogP contribution in [0.1, 0.15) is 43.2 Å². The van der Waals surface area contributed by atoms with Gasteiger partial charge in [-0.2, -0.15) is 0 Å². The van der Waals surface area contributed by atoms with Crippen molar-refractivity contribution in [2.45, 2.75) is 49.5 Å². The molecule has 1 unspecified atom stereocenters. The predicted molar refractivity (Wildman–Crippen MR) is 88.4 cm³/mol. The zero-order chi connectivity index (χ0) is 15.3. The second-order valence-electron chi connectivity index (χ2n) is 7.01. The van der Waals surface area contributed by atoms with Gasteiger partial charge in [0, 0.05) is 12.0 Å². The highest BCUT2D eigenvalue weighted by Crippen LogP contribution is 2.55. The SMILES string of the molecule is CN(C)CC1(C2(O)CCCCC2)Cc2cc(Cl)c(Cl)cc21. The number of likely N-dealkylation sites (N-methyl/N-ethyl adjacent to an activating group) is 1. The van der Waals surface area contributed by atoms with Crippen molar-refractivity contribution in [3.05, 3.63) is 33.3 Å². The summed E-state index contributed by atoms with van der Waals surface area (Å²) in [5, 5.41) is 12.6. The van der Waals surface area contributed by atoms with Crippen molar-refractivity contribution in [2.24, 2.45) is 0 Å². The molecule has 2 aliphatic rings. The van der Waals surface area contributed by atoms with Crippen molar-refractivity contribution in [3.63, 3.8) is 0 Å². The highest BCUT2D eigenvalue weighted by Gasteiger charge is 2.57. The van der Waals surface area contributed by atoms with E-state index in [1.54, 1.807) is 0 Å². The van der Waals surface area contributed by atoms with Crippen molar-refractivity contribution in [1.29, 1.82) is 0 Å². The first kappa shape index (κ1) is 15.6. The van der Waals surface area contributed by atoms with Gasteiger partial charge in [-0.15, -0.1) is 0 Å². The van der Waals surface area contributed by atoms with E-state index in [0.717, 1.165) is 38.6 Å². The molecule has 0 radical (unpaired) electrons. The molecule has 4 heteroatoms. The van der Waals surface area contributed by atoms with Crippen LogP contribution in [-0.4, -0.2) is 36.2 Å². The molecule has 0 bridgehead atoms. The highest BCUT2D eigenvalue weighted by molar-refractivity contribution is 6.42. The molecule has 1 fully saturated rings. The van der Waals surface area contributed by atoms with Crippen LogP contribution in [0.3, 0.4) is 0 Å². The Kier molecular flexibility index (Phi) is 4.03. The number of fused-ring (bicyclic) bond motifs is 1. The minimum Gasteiger partial charge on any atom is -0.389 e. The predicted octanol–water partition coefficient (Wildman–Crippen LogP) is 4.04. The van der Waals surface area contributed by atoms with Crippen LogP contribution in [-0.2, 0) is 11.8 Å². The minimum atomic E-state index is -0.611. The Labute approximate surface area is 137 Å². The van der Waals surface area contributed by atoms with Gasteiger partial charge in [-0.3, -0.25) is 0 Å². The van der Waals surface area contributed by atoms with Crippen molar-refractivity contribution < 1.29 is 5.11 Å². The number of hydrogen-bond acceptors (Lipinski definition) is 2. The van der Waals surface area contributed by atoms with Gasteiger partial charge in [0.25, 0.3) is 0 Å². The van der Waals surface area contributed by atoms with Crippen LogP contribution in [0.25, 0.3) is 0 Å². The number of aliphatic hydroxyl groups is 1. The van der Waals surface area contributed by atoms with Crippen molar-refractivity contribution in [2.75, 3.05) is 20.6 Å². The average Bonchev–Trinajstić information content (AvgIpc) is 2.41. The summed E-state index contributed by atoms with van der Waals surface area (Å²) in [6.45, 7) is 0.856. The van der Waals surface area contributed by atoms with Crippen LogP contribution in [0.15, 0.2) is 12.1 Å². The maximum Gasteiger partial charge on any atom is 0.0759 e. The molecule has 3 rings (SSSR count). The molecule has 1 atom stereocenters. The topological polar surface area (TPSA) is 23.5 Å². The molecule has 0 aromatic heterocycles. The third-order valence-electron chi connectivity index (χ3n) is 5.31. The number of nitrogens with zero attached hydrogens (tertiary/aromatic N) is 1. The lowest BCUT2D eigenvalue weighted by atomic mass is 9.52. The van der Waals surface area contributed by atoms with Crippen LogP contribution in [0, 0.1) is 0 Å². The van der Waals surface area contributed by atoms with Gasteiger partial charge >= 0.3 is 0 Å². The molecule has 0 heterocycles. The third kappa shape index (κ3) is 2.41. The van der Waals surface area contributed by atoms with E-state index >= 15 is 0 Å². The van der Waals surface area contributed by atoms with Crippen LogP contribution in [0.2, 0.25) is 10.0 Å². The van der Waals surface area contributed by atoms with Crippen molar-refractivity contribution in [3.8, 4) is 0 Å². The van der Waals surface area contributed by atoms with E-state index in [9.17, 15) is 5.11 Å². The second-order valence-corrected chi connectivity index (χ2v) is 7.83. The molecule has 1 aromatic carbocycles. The van der Waals surface area contributed by atoms with Gasteiger partial charge in [-0.05, 0) is 56.6 Å². The number of hydrogen-bond donors (Lipinski definition) is 1. The average molecular weight is 328 g/mol. The summed E-state index contributed by atoms with van der Waals surface area (Å²) in [7, 11) is 4.15. The fraction of sp³-hybridized carbons (Fsp3) is 0.647. The van der Waals surface area contributed by atoms with Crippen LogP contribution < -0.4 is 0 Å². The summed E-state index contributed by atoms with van der Waals surface area (Å²) < 4.78 is 0. The molecule has 2 nitrogen and oxygen atoms in total. The number of benzene rings is 1. The van der Waals surface area contributed by atoms with E-state index in [1.165, 1.54) is 17.5 Å². The lowest BCUT2D eigenvalue weighted by Gasteiger charge is -2.57. The fourth-order valence-electron chi connectivity index (χ4n) is 4.35. The Balaban J connectivity index is 2.05. The van der Waals surface area contributed by atoms with Gasteiger partial charge in [0.15, 0.2) is 0 Å². The lowest BCUT2D eigenvalue weighted by molar-refractivity contribution is -0.0869. The molecule has 1 aromatic rings. The van der Waals surface area contributed by atoms with Crippen LogP contribution in [0.5, 0.6) is 0 Å². The maximum absolute atomic E-state index is 11.4. The molecule has 0 spiro atoms. The minimum absolute atomic E-state index is 0.194. The number of rotatable bonds is 3. The normalized spacial score (nSPS) is 27.3. The van der Waals surface area contributed by atoms with Crippen molar-refractivity contribution >= 4 is 23.2 Å². The monoisotopic (exact) mass is 327 g/mol. The fourth-order valence-corrected chi connectivity index (χ4v) is 4.70. The summed E-state index contributed by atoms with van der Waals surface area (Å²) in [6, 6.07) is 3.96. The molecular formula is C17H23Cl2NO. The molecule has 1 N–H and O–H groups in total. The summed E-state index contributed by atoms with van der Waals surface area (Å²) in [5.41, 5.74) is 1.64. The van der Waals surface area contributed by atoms with Gasteiger partial charge in [-0.1, -0.05) is 42.5 Å². The third-order valence-corrected chi connectivity index (χ3v) is 6.03. The highest BCUT2D eigenvalue weighted by atomic mass is 35.5. The Morgan fingerprint density at radius 2 is 1.71 bits per heavy atom. The zero-order valence-electron chi connectivity index (χ0n) is 12.8. The quantitative estimate of drug-likeness (QED) is 0.905. The lowest BCUT2D eigenvalue weighted by Crippen LogP contribution is -2.63. The van der Waals surface area contributed by atoms with E-state index in [4.69, 9.17) is 23.2 Å². The Bertz CT molecular complexity index is 552. The summed E-state index contributed by atoms with van der Waals surface area (Å²) in [5.74, 6) is 0. The van der Waals surface area contributed by atoms with Crippen LogP contribution in [0.4, 0.5) is 0 Å². The largest absolute Gasteiger partial charge is 0.389 e. The number of halogens is 2. The first-order valence-corrected chi connectivity index (χ1v) is 8.49. The molecule has 0 saturated heterocycles. The van der Waals surface area contributed by atoms with E-state index in [2.05, 4.69) is 19.0 Å². The standard InChI is InChI=1S/C17H23Cl2NO/c1-20(2)11-16(17(21)6-4-3-5-7-17)10-12-8-14(18)15(19)9-13(12)16/h8-9,21H,3-7,10-11H2,1-2H3. The van der Waals surface area contributed by atoms with E-state index in [1.807, 2.05) is 12.1 Å². The summed E-state index contributed by atoms with van der Waals surface area (Å²) in [4.78, 5) is 2.18. The van der Waals surface area contributed by atoms with Gasteiger partial charge in [0.1, 0.15) is 0 Å². The summed E-state index contributed by atoms with van der Waals surface area (Å²) >= 11 is 12.4. The molecule has 21 heavy (non-hydrogen) atoms. The van der Waals surface area contributed by atoms with E-state index < -0.39 is 5.60 Å². The van der Waals surface area contributed by atoms with E-state index in [-0.39, 0.29) is 5.41 Å². The van der Waals surface area contributed by atoms with Gasteiger partial charge < -0.3 is 10.0 Å². The van der Waals surface area contributed by atoms with Gasteiger partial charge in [0.2, 0.25) is 0 Å². The van der Waals surface area contributed by atoms with Crippen molar-refractivity contribution in [1.82, 2.24) is 4.90 Å². The molecular weight excluding hydrogens is 305 g/mol. The molecule has 0 amide bonds. The van der Waals surface area contributed by atoms with Crippen LogP contribution >= 0.6 is 23.2 Å². The Morgan fingerprint density at radius 1 is 1.10 bits per heavy atom. The smallest absolute Gasteiger partial charge is 0.0759 e. The van der Waals surface area contributed by atoms with Gasteiger partial charge in [-0.25, -0.2) is 0 Å². The summed E-state index contributed by atoms with van der Waals surface area (Å²) in [6.07, 6.45) is 6.13. The zero-order valence-corrected chi connectivity index (χ0v) is 14.3. The first-order valence-electron chi connectivity index (χ1n) is 7.73. The molecule has 1 saturated carbocycles. The maximum atomic E-state index is 11.4.